The molecule has 0 radical (unpaired) electrons. The molecular weight excluding hydrogens is 813 g/mol. The number of rotatable bonds is 8. The van der Waals surface area contributed by atoms with E-state index in [0.717, 1.165) is 55.9 Å². The zero-order valence-corrected chi connectivity index (χ0v) is 35.3. The first-order chi connectivity index (χ1) is 32.7. The van der Waals surface area contributed by atoms with Crippen molar-refractivity contribution in [3.05, 3.63) is 218 Å². The van der Waals surface area contributed by atoms with Crippen LogP contribution in [0.3, 0.4) is 0 Å². The highest BCUT2D eigenvalue weighted by atomic mass is 16.5. The van der Waals surface area contributed by atoms with Gasteiger partial charge in [-0.2, -0.15) is 9.97 Å². The Bertz CT molecular complexity index is 3620. The van der Waals surface area contributed by atoms with E-state index in [0.29, 0.717) is 23.4 Å². The summed E-state index contributed by atoms with van der Waals surface area (Å²) in [5.41, 5.74) is 14.3. The van der Waals surface area contributed by atoms with Gasteiger partial charge in [0, 0.05) is 55.2 Å². The summed E-state index contributed by atoms with van der Waals surface area (Å²) in [6.45, 7) is 0. The van der Waals surface area contributed by atoms with Crippen molar-refractivity contribution in [3.8, 4) is 79.3 Å². The molecular formula is C58H36N6O2. The van der Waals surface area contributed by atoms with E-state index in [-0.39, 0.29) is 0 Å². The van der Waals surface area contributed by atoms with Crippen LogP contribution < -0.4 is 0 Å². The minimum absolute atomic E-state index is 0.390. The Balaban J connectivity index is 0.764. The van der Waals surface area contributed by atoms with Crippen molar-refractivity contribution in [1.82, 2.24) is 29.4 Å². The Hall–Kier alpha value is -9.14. The summed E-state index contributed by atoms with van der Waals surface area (Å²) in [5.74, 6) is 1.77. The lowest BCUT2D eigenvalue weighted by Gasteiger charge is -2.10. The minimum Gasteiger partial charge on any atom is -0.334 e. The Morgan fingerprint density at radius 2 is 0.576 bits per heavy atom. The maximum atomic E-state index is 5.86. The van der Waals surface area contributed by atoms with E-state index < -0.39 is 0 Å². The number of hydrogen-bond donors (Lipinski definition) is 0. The zero-order chi connectivity index (χ0) is 43.6. The van der Waals surface area contributed by atoms with Gasteiger partial charge in [-0.15, -0.1) is 0 Å². The Labute approximate surface area is 378 Å². The van der Waals surface area contributed by atoms with Crippen LogP contribution in [-0.4, -0.2) is 29.4 Å². The Morgan fingerprint density at radius 3 is 0.970 bits per heavy atom. The third-order valence-corrected chi connectivity index (χ3v) is 12.5. The number of aromatic nitrogens is 6. The lowest BCUT2D eigenvalue weighted by atomic mass is 10.0. The van der Waals surface area contributed by atoms with Gasteiger partial charge in [-0.25, -0.2) is 0 Å². The molecule has 0 aliphatic heterocycles. The Kier molecular flexibility index (Phi) is 8.67. The maximum Gasteiger partial charge on any atom is 0.258 e. The molecule has 310 valence electrons. The lowest BCUT2D eigenvalue weighted by molar-refractivity contribution is 0.431. The van der Waals surface area contributed by atoms with Gasteiger partial charge in [0.25, 0.3) is 11.8 Å². The molecule has 0 saturated heterocycles. The highest BCUT2D eigenvalue weighted by Crippen LogP contribution is 2.37. The third kappa shape index (κ3) is 6.31. The summed E-state index contributed by atoms with van der Waals surface area (Å²) in [4.78, 5) is 9.68. The van der Waals surface area contributed by atoms with Gasteiger partial charge in [0.1, 0.15) is 0 Å². The van der Waals surface area contributed by atoms with Crippen LogP contribution in [0, 0.1) is 0 Å². The fraction of sp³-hybridized carbons (Fsp3) is 0. The van der Waals surface area contributed by atoms with Crippen molar-refractivity contribution < 1.29 is 9.05 Å². The largest absolute Gasteiger partial charge is 0.334 e. The number of nitrogens with zero attached hydrogens (tertiary/aromatic N) is 6. The second-order valence-electron chi connectivity index (χ2n) is 16.4. The summed E-state index contributed by atoms with van der Waals surface area (Å²) < 4.78 is 16.4. The van der Waals surface area contributed by atoms with Gasteiger partial charge in [0.2, 0.25) is 11.6 Å². The summed E-state index contributed by atoms with van der Waals surface area (Å²) in [6.07, 6.45) is 0. The van der Waals surface area contributed by atoms with Crippen molar-refractivity contribution in [1.29, 1.82) is 0 Å². The SMILES string of the molecule is c1cc(-c2cccc(-n3c4ccccc4c4ccccc43)c2)cc(-c2noc(-c3cccc(-c4nc(-c5cccc(-c6cccc(-n7c8ccccc8c8ccccc87)c6)c5)no4)c3)n2)c1. The molecule has 0 N–H and O–H groups in total. The van der Waals surface area contributed by atoms with Gasteiger partial charge < -0.3 is 18.2 Å². The van der Waals surface area contributed by atoms with Gasteiger partial charge >= 0.3 is 0 Å². The molecule has 4 aromatic heterocycles. The molecule has 66 heavy (non-hydrogen) atoms. The normalized spacial score (nSPS) is 11.6. The molecule has 4 heterocycles. The van der Waals surface area contributed by atoms with Crippen molar-refractivity contribution in [2.75, 3.05) is 0 Å². The van der Waals surface area contributed by atoms with E-state index in [2.05, 4.69) is 189 Å². The van der Waals surface area contributed by atoms with Crippen LogP contribution >= 0.6 is 0 Å². The van der Waals surface area contributed by atoms with E-state index in [9.17, 15) is 0 Å². The molecule has 8 heteroatoms. The van der Waals surface area contributed by atoms with Crippen molar-refractivity contribution >= 4 is 43.6 Å². The van der Waals surface area contributed by atoms with Gasteiger partial charge in [0.15, 0.2) is 0 Å². The standard InChI is InChI=1S/C58H36N6O2/c1-5-28-51-47(24-1)48-25-2-6-29-52(48)63(51)45-22-12-16-39(35-45)37-14-9-18-41(32-37)55-59-57(65-61-55)43-20-11-21-44(34-43)58-60-56(62-66-58)42-19-10-15-38(33-42)40-17-13-23-46(36-40)64-53-30-7-3-26-49(53)50-27-4-8-31-54(50)64/h1-36H. The first-order valence-corrected chi connectivity index (χ1v) is 21.9. The molecule has 0 aliphatic rings. The number of fused-ring (bicyclic) bond motifs is 6. The first kappa shape index (κ1) is 37.4. The van der Waals surface area contributed by atoms with E-state index in [1.807, 2.05) is 48.5 Å². The molecule has 13 rings (SSSR count). The molecule has 0 fully saturated rings. The summed E-state index contributed by atoms with van der Waals surface area (Å²) in [6, 6.07) is 75.7. The van der Waals surface area contributed by atoms with E-state index in [1.54, 1.807) is 0 Å². The average molecular weight is 849 g/mol. The predicted octanol–water partition coefficient (Wildman–Crippen LogP) is 14.6. The van der Waals surface area contributed by atoms with Gasteiger partial charge in [-0.3, -0.25) is 0 Å². The molecule has 0 aliphatic carbocycles. The first-order valence-electron chi connectivity index (χ1n) is 21.9. The van der Waals surface area contributed by atoms with Crippen LogP contribution in [0.15, 0.2) is 227 Å². The monoisotopic (exact) mass is 848 g/mol. The molecule has 0 amide bonds. The maximum absolute atomic E-state index is 5.86. The molecule has 0 atom stereocenters. The fourth-order valence-corrected chi connectivity index (χ4v) is 9.43. The molecule has 8 nitrogen and oxygen atoms in total. The quantitative estimate of drug-likeness (QED) is 0.151. The highest BCUT2D eigenvalue weighted by Gasteiger charge is 2.18. The average Bonchev–Trinajstić information content (AvgIpc) is 4.21. The van der Waals surface area contributed by atoms with Gasteiger partial charge in [0.05, 0.1) is 22.1 Å². The van der Waals surface area contributed by atoms with E-state index >= 15 is 0 Å². The molecule has 9 aromatic carbocycles. The van der Waals surface area contributed by atoms with E-state index in [4.69, 9.17) is 19.0 Å². The van der Waals surface area contributed by atoms with Crippen molar-refractivity contribution in [2.45, 2.75) is 0 Å². The Morgan fingerprint density at radius 1 is 0.273 bits per heavy atom. The minimum atomic E-state index is 0.390. The molecule has 0 saturated carbocycles. The molecule has 0 bridgehead atoms. The van der Waals surface area contributed by atoms with Crippen LogP contribution in [0.1, 0.15) is 0 Å². The summed E-state index contributed by atoms with van der Waals surface area (Å²) in [7, 11) is 0. The van der Waals surface area contributed by atoms with Gasteiger partial charge in [-0.1, -0.05) is 150 Å². The number of para-hydroxylation sites is 4. The van der Waals surface area contributed by atoms with E-state index in [1.165, 1.54) is 43.6 Å². The smallest absolute Gasteiger partial charge is 0.258 e. The van der Waals surface area contributed by atoms with Crippen LogP contribution in [0.25, 0.3) is 123 Å². The van der Waals surface area contributed by atoms with Crippen LogP contribution in [-0.2, 0) is 0 Å². The third-order valence-electron chi connectivity index (χ3n) is 12.5. The predicted molar refractivity (Wildman–Crippen MR) is 263 cm³/mol. The summed E-state index contributed by atoms with van der Waals surface area (Å²) in [5, 5.41) is 13.7. The number of benzene rings is 9. The molecule has 0 spiro atoms. The second kappa shape index (κ2) is 15.3. The zero-order valence-electron chi connectivity index (χ0n) is 35.3. The topological polar surface area (TPSA) is 87.7 Å². The van der Waals surface area contributed by atoms with Crippen molar-refractivity contribution in [2.24, 2.45) is 0 Å². The van der Waals surface area contributed by atoms with Crippen LogP contribution in [0.4, 0.5) is 0 Å². The number of hydrogen-bond acceptors (Lipinski definition) is 6. The molecule has 0 unspecified atom stereocenters. The van der Waals surface area contributed by atoms with Crippen LogP contribution in [0.2, 0.25) is 0 Å². The molecule has 13 aromatic rings. The fourth-order valence-electron chi connectivity index (χ4n) is 9.43. The summed E-state index contributed by atoms with van der Waals surface area (Å²) >= 11 is 0. The lowest BCUT2D eigenvalue weighted by Crippen LogP contribution is -1.94. The second-order valence-corrected chi connectivity index (χ2v) is 16.4. The van der Waals surface area contributed by atoms with Crippen molar-refractivity contribution in [3.63, 3.8) is 0 Å². The van der Waals surface area contributed by atoms with Gasteiger partial charge in [-0.05, 0) is 101 Å². The van der Waals surface area contributed by atoms with Crippen LogP contribution in [0.5, 0.6) is 0 Å². The highest BCUT2D eigenvalue weighted by molar-refractivity contribution is 6.10.